The van der Waals surface area contributed by atoms with Crippen LogP contribution in [0.5, 0.6) is 0 Å². The van der Waals surface area contributed by atoms with Crippen LogP contribution in [0.4, 0.5) is 0 Å². The van der Waals surface area contributed by atoms with Crippen LogP contribution in [0.25, 0.3) is 10.2 Å². The summed E-state index contributed by atoms with van der Waals surface area (Å²) in [5, 5.41) is 5.08. The molecule has 2 aromatic heterocycles. The summed E-state index contributed by atoms with van der Waals surface area (Å²) < 4.78 is 3.25. The Kier molecular flexibility index (Phi) is 3.52. The van der Waals surface area contributed by atoms with Crippen molar-refractivity contribution in [3.8, 4) is 0 Å². The maximum Gasteiger partial charge on any atom is 0.268 e. The van der Waals surface area contributed by atoms with E-state index >= 15 is 0 Å². The number of carbonyl (C=O) groups is 1. The average molecular weight is 250 g/mol. The van der Waals surface area contributed by atoms with Gasteiger partial charge in [-0.2, -0.15) is 0 Å². The zero-order valence-electron chi connectivity index (χ0n) is 10.5. The molecular formula is C13H18N2OS. The van der Waals surface area contributed by atoms with Crippen molar-refractivity contribution in [1.29, 1.82) is 0 Å². The molecule has 2 heterocycles. The number of nitrogens with zero attached hydrogens (tertiary/aromatic N) is 1. The van der Waals surface area contributed by atoms with Crippen LogP contribution in [0.1, 0.15) is 37.7 Å². The summed E-state index contributed by atoms with van der Waals surface area (Å²) >= 11 is 1.68. The lowest BCUT2D eigenvalue weighted by molar-refractivity contribution is 0.0930. The van der Waals surface area contributed by atoms with E-state index in [-0.39, 0.29) is 11.9 Å². The van der Waals surface area contributed by atoms with Crippen LogP contribution >= 0.6 is 11.3 Å². The molecular weight excluding hydrogens is 232 g/mol. The zero-order chi connectivity index (χ0) is 12.4. The van der Waals surface area contributed by atoms with E-state index in [9.17, 15) is 4.79 Å². The lowest BCUT2D eigenvalue weighted by Crippen LogP contribution is -2.33. The van der Waals surface area contributed by atoms with Crippen molar-refractivity contribution in [2.75, 3.05) is 0 Å². The highest BCUT2D eigenvalue weighted by molar-refractivity contribution is 7.17. The smallest absolute Gasteiger partial charge is 0.268 e. The van der Waals surface area contributed by atoms with Crippen molar-refractivity contribution in [2.24, 2.45) is 0 Å². The van der Waals surface area contributed by atoms with Gasteiger partial charge >= 0.3 is 0 Å². The summed E-state index contributed by atoms with van der Waals surface area (Å²) in [6.45, 7) is 6.99. The van der Waals surface area contributed by atoms with E-state index in [1.54, 1.807) is 11.3 Å². The molecule has 0 bridgehead atoms. The molecule has 0 aromatic carbocycles. The van der Waals surface area contributed by atoms with Crippen LogP contribution in [0, 0.1) is 0 Å². The number of thiophene rings is 1. The Balaban J connectivity index is 2.34. The molecule has 0 aliphatic rings. The van der Waals surface area contributed by atoms with E-state index in [2.05, 4.69) is 35.2 Å². The minimum atomic E-state index is 0.0320. The minimum absolute atomic E-state index is 0.0320. The summed E-state index contributed by atoms with van der Waals surface area (Å²) in [6, 6.07) is 4.28. The van der Waals surface area contributed by atoms with E-state index in [0.29, 0.717) is 0 Å². The number of amides is 1. The van der Waals surface area contributed by atoms with Gasteiger partial charge in [0.15, 0.2) is 0 Å². The van der Waals surface area contributed by atoms with Crippen LogP contribution in [-0.4, -0.2) is 16.5 Å². The summed E-state index contributed by atoms with van der Waals surface area (Å²) in [5.74, 6) is 0.0320. The molecule has 0 aliphatic carbocycles. The van der Waals surface area contributed by atoms with Gasteiger partial charge in [-0.25, -0.2) is 0 Å². The van der Waals surface area contributed by atoms with E-state index in [1.165, 1.54) is 4.70 Å². The van der Waals surface area contributed by atoms with Crippen LogP contribution in [-0.2, 0) is 6.54 Å². The highest BCUT2D eigenvalue weighted by Crippen LogP contribution is 2.25. The molecule has 0 fully saturated rings. The van der Waals surface area contributed by atoms with E-state index in [0.717, 1.165) is 24.2 Å². The molecule has 92 valence electrons. The van der Waals surface area contributed by atoms with E-state index in [1.807, 2.05) is 13.0 Å². The van der Waals surface area contributed by atoms with Crippen molar-refractivity contribution in [3.63, 3.8) is 0 Å². The van der Waals surface area contributed by atoms with Gasteiger partial charge in [0.2, 0.25) is 0 Å². The van der Waals surface area contributed by atoms with Gasteiger partial charge in [-0.1, -0.05) is 6.92 Å². The first-order valence-corrected chi connectivity index (χ1v) is 6.92. The zero-order valence-corrected chi connectivity index (χ0v) is 11.3. The number of hydrogen-bond donors (Lipinski definition) is 1. The third-order valence-electron chi connectivity index (χ3n) is 3.06. The monoisotopic (exact) mass is 250 g/mol. The van der Waals surface area contributed by atoms with Gasteiger partial charge in [0, 0.05) is 12.6 Å². The fourth-order valence-electron chi connectivity index (χ4n) is 1.91. The second kappa shape index (κ2) is 4.92. The van der Waals surface area contributed by atoms with Gasteiger partial charge in [0.1, 0.15) is 5.69 Å². The Morgan fingerprint density at radius 1 is 1.53 bits per heavy atom. The molecule has 17 heavy (non-hydrogen) atoms. The number of nitrogens with one attached hydrogen (secondary N) is 1. The predicted molar refractivity (Wildman–Crippen MR) is 72.7 cm³/mol. The fraction of sp³-hybridized carbons (Fsp3) is 0.462. The molecule has 0 saturated heterocycles. The summed E-state index contributed by atoms with van der Waals surface area (Å²) in [4.78, 5) is 12.1. The molecule has 2 rings (SSSR count). The maximum absolute atomic E-state index is 12.1. The maximum atomic E-state index is 12.1. The second-order valence-electron chi connectivity index (χ2n) is 4.23. The van der Waals surface area contributed by atoms with Crippen molar-refractivity contribution in [3.05, 3.63) is 23.2 Å². The number of aryl methyl sites for hydroxylation is 1. The third kappa shape index (κ3) is 2.22. The van der Waals surface area contributed by atoms with Crippen molar-refractivity contribution in [2.45, 2.75) is 39.8 Å². The second-order valence-corrected chi connectivity index (χ2v) is 5.17. The van der Waals surface area contributed by atoms with Crippen molar-refractivity contribution < 1.29 is 4.79 Å². The number of aromatic nitrogens is 1. The normalized spacial score (nSPS) is 12.9. The minimum Gasteiger partial charge on any atom is -0.348 e. The first-order valence-electron chi connectivity index (χ1n) is 6.05. The molecule has 0 aliphatic heterocycles. The first-order chi connectivity index (χ1) is 8.17. The Morgan fingerprint density at radius 2 is 2.29 bits per heavy atom. The topological polar surface area (TPSA) is 34.0 Å². The Morgan fingerprint density at radius 3 is 2.94 bits per heavy atom. The molecule has 1 amide bonds. The summed E-state index contributed by atoms with van der Waals surface area (Å²) in [5.41, 5.74) is 1.93. The number of carbonyl (C=O) groups excluding carboxylic acids is 1. The first kappa shape index (κ1) is 12.2. The molecule has 0 spiro atoms. The van der Waals surface area contributed by atoms with Gasteiger partial charge in [0.05, 0.1) is 10.2 Å². The molecule has 1 N–H and O–H groups in total. The third-order valence-corrected chi connectivity index (χ3v) is 3.91. The SMILES string of the molecule is CCC(C)NC(=O)c1cc2sccc2n1CC. The van der Waals surface area contributed by atoms with Crippen molar-refractivity contribution in [1.82, 2.24) is 9.88 Å². The van der Waals surface area contributed by atoms with Gasteiger partial charge < -0.3 is 9.88 Å². The van der Waals surface area contributed by atoms with Gasteiger partial charge in [-0.05, 0) is 37.8 Å². The fourth-order valence-corrected chi connectivity index (χ4v) is 2.73. The molecule has 0 saturated carbocycles. The molecule has 2 aromatic rings. The Labute approximate surface area is 105 Å². The Hall–Kier alpha value is -1.29. The molecule has 4 heteroatoms. The lowest BCUT2D eigenvalue weighted by atomic mass is 10.2. The quantitative estimate of drug-likeness (QED) is 0.888. The van der Waals surface area contributed by atoms with E-state index < -0.39 is 0 Å². The predicted octanol–water partition coefficient (Wildman–Crippen LogP) is 3.25. The highest BCUT2D eigenvalue weighted by atomic mass is 32.1. The van der Waals surface area contributed by atoms with Crippen LogP contribution < -0.4 is 5.32 Å². The summed E-state index contributed by atoms with van der Waals surface area (Å²) in [7, 11) is 0. The molecule has 1 unspecified atom stereocenters. The number of hydrogen-bond acceptors (Lipinski definition) is 2. The highest BCUT2D eigenvalue weighted by Gasteiger charge is 2.16. The largest absolute Gasteiger partial charge is 0.348 e. The van der Waals surface area contributed by atoms with Crippen LogP contribution in [0.2, 0.25) is 0 Å². The summed E-state index contributed by atoms with van der Waals surface area (Å²) in [6.07, 6.45) is 0.951. The average Bonchev–Trinajstić information content (AvgIpc) is 2.87. The molecule has 0 radical (unpaired) electrons. The Bertz CT molecular complexity index is 526. The van der Waals surface area contributed by atoms with Gasteiger partial charge in [-0.15, -0.1) is 11.3 Å². The van der Waals surface area contributed by atoms with Crippen molar-refractivity contribution >= 4 is 27.5 Å². The lowest BCUT2D eigenvalue weighted by Gasteiger charge is -2.12. The molecule has 1 atom stereocenters. The van der Waals surface area contributed by atoms with E-state index in [4.69, 9.17) is 0 Å². The molecule has 3 nitrogen and oxygen atoms in total. The van der Waals surface area contributed by atoms with Gasteiger partial charge in [-0.3, -0.25) is 4.79 Å². The number of fused-ring (bicyclic) bond motifs is 1. The number of rotatable bonds is 4. The van der Waals surface area contributed by atoms with Gasteiger partial charge in [0.25, 0.3) is 5.91 Å². The van der Waals surface area contributed by atoms with Crippen LogP contribution in [0.3, 0.4) is 0 Å². The van der Waals surface area contributed by atoms with Crippen LogP contribution in [0.15, 0.2) is 17.5 Å². The standard InChI is InChI=1S/C13H18N2OS/c1-4-9(3)14-13(16)11-8-12-10(6-7-17-12)15(11)5-2/h6-9H,4-5H2,1-3H3,(H,14,16).